The largest absolute Gasteiger partial charge is 0.309 e. The molecule has 1 atom stereocenters. The van der Waals surface area contributed by atoms with Crippen molar-refractivity contribution in [2.24, 2.45) is 0 Å². The molecule has 0 amide bonds. The summed E-state index contributed by atoms with van der Waals surface area (Å²) < 4.78 is 13.9. The minimum Gasteiger partial charge on any atom is -0.309 e. The van der Waals surface area contributed by atoms with Crippen LogP contribution in [0.2, 0.25) is 0 Å². The molecule has 23 heavy (non-hydrogen) atoms. The predicted molar refractivity (Wildman–Crippen MR) is 100 cm³/mol. The molecule has 3 rings (SSSR count). The Bertz CT molecular complexity index is 739. The van der Waals surface area contributed by atoms with Gasteiger partial charge in [-0.3, -0.25) is 0 Å². The van der Waals surface area contributed by atoms with E-state index in [4.69, 9.17) is 0 Å². The third-order valence-corrected chi connectivity index (χ3v) is 4.49. The van der Waals surface area contributed by atoms with Gasteiger partial charge in [0.05, 0.1) is 0 Å². The normalized spacial score (nSPS) is 18.6. The zero-order chi connectivity index (χ0) is 16.2. The lowest BCUT2D eigenvalue weighted by Gasteiger charge is -2.22. The highest BCUT2D eigenvalue weighted by molar-refractivity contribution is 7.27. The molecule has 0 radical (unpaired) electrons. The molecule has 0 saturated carbocycles. The van der Waals surface area contributed by atoms with Gasteiger partial charge in [0.15, 0.2) is 0 Å². The van der Waals surface area contributed by atoms with Gasteiger partial charge >= 0.3 is 0 Å². The van der Waals surface area contributed by atoms with E-state index in [2.05, 4.69) is 39.3 Å². The number of halogens is 1. The van der Waals surface area contributed by atoms with Crippen LogP contribution in [0.3, 0.4) is 0 Å². The number of piperidine rings is 1. The molecule has 0 spiro atoms. The second-order valence-corrected chi connectivity index (χ2v) is 6.19. The number of rotatable bonds is 2. The molecular formula is C20H19FNP. The zero-order valence-corrected chi connectivity index (χ0v) is 14.0. The van der Waals surface area contributed by atoms with Crippen molar-refractivity contribution in [3.8, 4) is 0 Å². The van der Waals surface area contributed by atoms with Crippen molar-refractivity contribution in [2.45, 2.75) is 0 Å². The molecule has 1 aliphatic rings. The molecule has 1 fully saturated rings. The van der Waals surface area contributed by atoms with Gasteiger partial charge in [-0.05, 0) is 45.8 Å². The van der Waals surface area contributed by atoms with Gasteiger partial charge in [-0.15, -0.1) is 9.24 Å². The Labute approximate surface area is 138 Å². The van der Waals surface area contributed by atoms with Crippen molar-refractivity contribution in [1.29, 1.82) is 0 Å². The minimum absolute atomic E-state index is 0.209. The summed E-state index contributed by atoms with van der Waals surface area (Å²) in [4.78, 5) is 0. The summed E-state index contributed by atoms with van der Waals surface area (Å²) in [6.45, 7) is 5.69. The van der Waals surface area contributed by atoms with E-state index in [0.29, 0.717) is 12.1 Å². The van der Waals surface area contributed by atoms with E-state index < -0.39 is 0 Å². The van der Waals surface area contributed by atoms with Gasteiger partial charge in [-0.25, -0.2) is 4.39 Å². The maximum atomic E-state index is 13.9. The van der Waals surface area contributed by atoms with E-state index in [1.54, 1.807) is 12.1 Å². The first kappa shape index (κ1) is 15.9. The second-order valence-electron chi connectivity index (χ2n) is 5.57. The van der Waals surface area contributed by atoms with E-state index in [1.807, 2.05) is 24.3 Å². The van der Waals surface area contributed by atoms with Crippen molar-refractivity contribution < 1.29 is 4.39 Å². The van der Waals surface area contributed by atoms with E-state index in [0.717, 1.165) is 34.1 Å². The quantitative estimate of drug-likeness (QED) is 0.825. The van der Waals surface area contributed by atoms with Crippen LogP contribution in [0.5, 0.6) is 0 Å². The number of hydrogen-bond donors (Lipinski definition) is 1. The summed E-state index contributed by atoms with van der Waals surface area (Å²) in [7, 11) is 2.75. The lowest BCUT2D eigenvalue weighted by molar-refractivity contribution is 0.625. The zero-order valence-electron chi connectivity index (χ0n) is 12.9. The fourth-order valence-corrected chi connectivity index (χ4v) is 2.93. The summed E-state index contributed by atoms with van der Waals surface area (Å²) in [6.07, 6.45) is 4.02. The summed E-state index contributed by atoms with van der Waals surface area (Å²) in [5, 5.41) is 4.52. The topological polar surface area (TPSA) is 12.0 Å². The SMILES string of the molecule is C=C1/C(=C/c2ccccc2F)CNC/C1=C\c1ccccc1P. The van der Waals surface area contributed by atoms with Crippen molar-refractivity contribution in [2.75, 3.05) is 13.1 Å². The van der Waals surface area contributed by atoms with Crippen LogP contribution in [0, 0.1) is 5.82 Å². The Hall–Kier alpha value is -2.02. The van der Waals surface area contributed by atoms with Gasteiger partial charge < -0.3 is 5.32 Å². The van der Waals surface area contributed by atoms with Gasteiger partial charge in [-0.1, -0.05) is 49.0 Å². The Balaban J connectivity index is 1.93. The summed E-state index contributed by atoms with van der Waals surface area (Å²) in [5.41, 5.74) is 4.88. The monoisotopic (exact) mass is 323 g/mol. The molecule has 116 valence electrons. The van der Waals surface area contributed by atoms with Crippen molar-refractivity contribution in [3.63, 3.8) is 0 Å². The third kappa shape index (κ3) is 3.67. The highest BCUT2D eigenvalue weighted by Crippen LogP contribution is 2.25. The smallest absolute Gasteiger partial charge is 0.130 e. The lowest BCUT2D eigenvalue weighted by Crippen LogP contribution is -2.27. The first-order chi connectivity index (χ1) is 11.1. The van der Waals surface area contributed by atoms with Gasteiger partial charge in [0.1, 0.15) is 5.82 Å². The van der Waals surface area contributed by atoms with Crippen LogP contribution in [-0.2, 0) is 0 Å². The molecule has 1 heterocycles. The summed E-state index contributed by atoms with van der Waals surface area (Å²) in [5.74, 6) is -0.209. The average molecular weight is 323 g/mol. The van der Waals surface area contributed by atoms with Crippen LogP contribution in [0.1, 0.15) is 11.1 Å². The maximum Gasteiger partial charge on any atom is 0.130 e. The molecule has 1 N–H and O–H groups in total. The van der Waals surface area contributed by atoms with Gasteiger partial charge in [-0.2, -0.15) is 0 Å². The van der Waals surface area contributed by atoms with Gasteiger partial charge in [0.25, 0.3) is 0 Å². The van der Waals surface area contributed by atoms with Gasteiger partial charge in [0, 0.05) is 18.7 Å². The second kappa shape index (κ2) is 7.04. The Morgan fingerprint density at radius 2 is 1.48 bits per heavy atom. The molecule has 0 bridgehead atoms. The number of benzene rings is 2. The molecule has 1 unspecified atom stereocenters. The van der Waals surface area contributed by atoms with E-state index >= 15 is 0 Å². The molecule has 1 saturated heterocycles. The van der Waals surface area contributed by atoms with E-state index in [1.165, 1.54) is 6.07 Å². The first-order valence-corrected chi connectivity index (χ1v) is 8.13. The molecule has 1 nitrogen and oxygen atoms in total. The highest BCUT2D eigenvalue weighted by Gasteiger charge is 2.15. The third-order valence-electron chi connectivity index (χ3n) is 3.97. The van der Waals surface area contributed by atoms with Crippen LogP contribution in [0.15, 0.2) is 71.8 Å². The van der Waals surface area contributed by atoms with E-state index in [9.17, 15) is 4.39 Å². The van der Waals surface area contributed by atoms with Crippen molar-refractivity contribution >= 4 is 26.7 Å². The average Bonchev–Trinajstić information content (AvgIpc) is 2.55. The molecule has 0 aromatic heterocycles. The first-order valence-electron chi connectivity index (χ1n) is 7.55. The van der Waals surface area contributed by atoms with Crippen LogP contribution in [-0.4, -0.2) is 13.1 Å². The Kier molecular flexibility index (Phi) is 4.85. The molecule has 3 heteroatoms. The molecule has 2 aromatic carbocycles. The lowest BCUT2D eigenvalue weighted by atomic mass is 9.92. The van der Waals surface area contributed by atoms with Crippen LogP contribution in [0.25, 0.3) is 12.2 Å². The fraction of sp³-hybridized carbons (Fsp3) is 0.100. The molecular weight excluding hydrogens is 304 g/mol. The fourth-order valence-electron chi connectivity index (χ4n) is 2.64. The van der Waals surface area contributed by atoms with E-state index in [-0.39, 0.29) is 5.82 Å². The predicted octanol–water partition coefficient (Wildman–Crippen LogP) is 3.95. The van der Waals surface area contributed by atoms with Crippen LogP contribution in [0.4, 0.5) is 4.39 Å². The number of nitrogens with one attached hydrogen (secondary N) is 1. The minimum atomic E-state index is -0.209. The highest BCUT2D eigenvalue weighted by atomic mass is 31.0. The number of hydrogen-bond acceptors (Lipinski definition) is 1. The van der Waals surface area contributed by atoms with Crippen LogP contribution >= 0.6 is 9.24 Å². The molecule has 2 aromatic rings. The summed E-state index contributed by atoms with van der Waals surface area (Å²) in [6, 6.07) is 15.0. The van der Waals surface area contributed by atoms with Gasteiger partial charge in [0.2, 0.25) is 0 Å². The van der Waals surface area contributed by atoms with Crippen molar-refractivity contribution in [1.82, 2.24) is 5.32 Å². The Morgan fingerprint density at radius 1 is 0.913 bits per heavy atom. The standard InChI is InChI=1S/C20H19FNP/c1-14-17(10-15-6-2-4-8-19(15)21)12-22-13-18(14)11-16-7-3-5-9-20(16)23/h2-11,22H,1,12-13,23H2/b17-10+,18-11+. The summed E-state index contributed by atoms with van der Waals surface area (Å²) >= 11 is 0. The maximum absolute atomic E-state index is 13.9. The molecule has 0 aliphatic carbocycles. The molecule has 1 aliphatic heterocycles. The van der Waals surface area contributed by atoms with Crippen molar-refractivity contribution in [3.05, 3.63) is 88.8 Å². The Morgan fingerprint density at radius 3 is 2.13 bits per heavy atom. The van der Waals surface area contributed by atoms with Crippen LogP contribution < -0.4 is 10.6 Å².